The maximum Gasteiger partial charge on any atom is 0.220 e. The van der Waals surface area contributed by atoms with E-state index in [1.807, 2.05) is 0 Å². The van der Waals surface area contributed by atoms with Crippen LogP contribution < -0.4 is 10.4 Å². The van der Waals surface area contributed by atoms with Gasteiger partial charge in [0.2, 0.25) is 5.91 Å². The lowest BCUT2D eigenvalue weighted by Crippen LogP contribution is -2.54. The van der Waals surface area contributed by atoms with Crippen LogP contribution in [0.15, 0.2) is 0 Å². The van der Waals surface area contributed by atoms with E-state index in [-0.39, 0.29) is 12.0 Å². The zero-order chi connectivity index (χ0) is 22.4. The van der Waals surface area contributed by atoms with Crippen LogP contribution >= 0.6 is 0 Å². The van der Waals surface area contributed by atoms with Gasteiger partial charge in [-0.2, -0.15) is 0 Å². The van der Waals surface area contributed by atoms with Crippen molar-refractivity contribution in [1.29, 1.82) is 0 Å². The molecule has 0 aliphatic heterocycles. The number of carboxylic acid groups (broad SMARTS) is 1. The van der Waals surface area contributed by atoms with Crippen LogP contribution in [0.5, 0.6) is 0 Å². The van der Waals surface area contributed by atoms with Crippen molar-refractivity contribution >= 4 is 11.9 Å². The lowest BCUT2D eigenvalue weighted by molar-refractivity contribution is -0.304. The summed E-state index contributed by atoms with van der Waals surface area (Å²) in [6.07, 6.45) is 12.2. The Labute approximate surface area is 187 Å². The van der Waals surface area contributed by atoms with E-state index in [0.717, 1.165) is 37.0 Å². The fraction of sp³-hybridized carbons (Fsp3) is 0.923. The Morgan fingerprint density at radius 2 is 1.74 bits per heavy atom. The first-order chi connectivity index (χ1) is 14.6. The van der Waals surface area contributed by atoms with E-state index in [2.05, 4.69) is 26.1 Å². The van der Waals surface area contributed by atoms with E-state index in [1.54, 1.807) is 0 Å². The average molecular weight is 433 g/mol. The Morgan fingerprint density at radius 1 is 1.03 bits per heavy atom. The van der Waals surface area contributed by atoms with Crippen molar-refractivity contribution in [2.75, 3.05) is 6.54 Å². The number of hydrogen-bond donors (Lipinski definition) is 2. The molecule has 0 aromatic rings. The molecule has 0 aromatic carbocycles. The normalized spacial score (nSPS) is 45.2. The maximum atomic E-state index is 12.0. The highest BCUT2D eigenvalue weighted by Crippen LogP contribution is 2.68. The van der Waals surface area contributed by atoms with Crippen molar-refractivity contribution in [3.8, 4) is 0 Å². The van der Waals surface area contributed by atoms with Crippen molar-refractivity contribution in [3.05, 3.63) is 0 Å². The number of rotatable bonds is 6. The number of hydrogen-bond acceptors (Lipinski definition) is 4. The molecule has 0 aromatic heterocycles. The molecule has 31 heavy (non-hydrogen) atoms. The highest BCUT2D eigenvalue weighted by Gasteiger charge is 2.60. The van der Waals surface area contributed by atoms with Crippen LogP contribution in [0.2, 0.25) is 0 Å². The van der Waals surface area contributed by atoms with Crippen molar-refractivity contribution in [2.45, 2.75) is 97.5 Å². The number of nitrogens with one attached hydrogen (secondary N) is 1. The third-order valence-electron chi connectivity index (χ3n) is 10.7. The summed E-state index contributed by atoms with van der Waals surface area (Å²) >= 11 is 0. The summed E-state index contributed by atoms with van der Waals surface area (Å²) in [5.74, 6) is 2.89. The molecule has 4 aliphatic rings. The highest BCUT2D eigenvalue weighted by molar-refractivity contribution is 5.80. The minimum Gasteiger partial charge on any atom is -0.548 e. The van der Waals surface area contributed by atoms with Gasteiger partial charge in [-0.25, -0.2) is 0 Å². The van der Waals surface area contributed by atoms with Gasteiger partial charge < -0.3 is 20.3 Å². The molecule has 4 saturated carbocycles. The van der Waals surface area contributed by atoms with Crippen LogP contribution in [0.1, 0.15) is 91.4 Å². The summed E-state index contributed by atoms with van der Waals surface area (Å²) in [6, 6.07) is 0. The van der Waals surface area contributed by atoms with Crippen LogP contribution in [-0.4, -0.2) is 29.6 Å². The van der Waals surface area contributed by atoms with Gasteiger partial charge in [0.1, 0.15) is 0 Å². The third-order valence-corrected chi connectivity index (χ3v) is 10.7. The lowest BCUT2D eigenvalue weighted by atomic mass is 9.44. The van der Waals surface area contributed by atoms with Gasteiger partial charge in [0.25, 0.3) is 0 Å². The number of aliphatic hydroxyl groups is 1. The van der Waals surface area contributed by atoms with Crippen molar-refractivity contribution < 1.29 is 19.8 Å². The number of carboxylic acids is 1. The zero-order valence-electron chi connectivity index (χ0n) is 19.7. The van der Waals surface area contributed by atoms with Crippen molar-refractivity contribution in [2.24, 2.45) is 46.3 Å². The van der Waals surface area contributed by atoms with Gasteiger partial charge in [-0.3, -0.25) is 4.79 Å². The first kappa shape index (κ1) is 23.1. The van der Waals surface area contributed by atoms with Crippen molar-refractivity contribution in [3.63, 3.8) is 0 Å². The molecular weight excluding hydrogens is 390 g/mol. The number of aliphatic carboxylic acids is 1. The largest absolute Gasteiger partial charge is 0.548 e. The number of fused-ring (bicyclic) bond motifs is 5. The van der Waals surface area contributed by atoms with Crippen molar-refractivity contribution in [1.82, 2.24) is 5.32 Å². The number of amides is 1. The molecule has 176 valence electrons. The summed E-state index contributed by atoms with van der Waals surface area (Å²) in [5.41, 5.74) is 0.795. The molecule has 0 radical (unpaired) electrons. The van der Waals surface area contributed by atoms with E-state index in [1.165, 1.54) is 44.9 Å². The Bertz CT molecular complexity index is 695. The first-order valence-corrected chi connectivity index (χ1v) is 12.8. The van der Waals surface area contributed by atoms with Gasteiger partial charge in [0, 0.05) is 6.42 Å². The zero-order valence-corrected chi connectivity index (χ0v) is 19.7. The molecule has 0 heterocycles. The summed E-state index contributed by atoms with van der Waals surface area (Å²) in [7, 11) is 0. The van der Waals surface area contributed by atoms with E-state index in [0.29, 0.717) is 35.0 Å². The molecule has 0 bridgehead atoms. The second-order valence-corrected chi connectivity index (χ2v) is 12.0. The van der Waals surface area contributed by atoms with Crippen LogP contribution in [0, 0.1) is 46.3 Å². The molecule has 5 heteroatoms. The predicted molar refractivity (Wildman–Crippen MR) is 118 cm³/mol. The fourth-order valence-corrected chi connectivity index (χ4v) is 9.03. The summed E-state index contributed by atoms with van der Waals surface area (Å²) in [6.45, 7) is 6.99. The summed E-state index contributed by atoms with van der Waals surface area (Å²) in [5, 5.41) is 23.2. The second kappa shape index (κ2) is 8.68. The molecule has 0 spiro atoms. The number of carbonyl (C=O) groups is 2. The molecule has 5 nitrogen and oxygen atoms in total. The molecule has 1 unspecified atom stereocenters. The van der Waals surface area contributed by atoms with Crippen LogP contribution in [0.25, 0.3) is 0 Å². The molecule has 1 amide bonds. The van der Waals surface area contributed by atoms with Gasteiger partial charge in [0.15, 0.2) is 0 Å². The van der Waals surface area contributed by atoms with Crippen LogP contribution in [0.4, 0.5) is 0 Å². The van der Waals surface area contributed by atoms with Gasteiger partial charge >= 0.3 is 0 Å². The van der Waals surface area contributed by atoms with Gasteiger partial charge in [-0.1, -0.05) is 20.8 Å². The Morgan fingerprint density at radius 3 is 2.48 bits per heavy atom. The van der Waals surface area contributed by atoms with E-state index in [9.17, 15) is 19.8 Å². The van der Waals surface area contributed by atoms with Gasteiger partial charge in [0.05, 0.1) is 18.6 Å². The van der Waals surface area contributed by atoms with Gasteiger partial charge in [-0.05, 0) is 111 Å². The Kier molecular flexibility index (Phi) is 6.46. The standard InChI is InChI=1S/C26H43NO4/c1-16(4-9-23(29)27-15-24(30)31)20-7-8-21-19-6-5-17-14-18(28)10-12-25(17,2)22(19)11-13-26(20,21)3/h16-22,28H,4-15H2,1-3H3,(H,27,29)(H,30,31)/p-1/t16-,17-,18?,19+,20-,21+,22+,25+,26-/m1/s1. The number of aliphatic hydroxyl groups excluding tert-OH is 1. The molecule has 0 saturated heterocycles. The molecule has 2 N–H and O–H groups in total. The average Bonchev–Trinajstić information content (AvgIpc) is 3.08. The SMILES string of the molecule is C[C@H](CCC(=O)NCC(=O)[O-])[C@H]1CC[C@H]2[C@@H]3CC[C@@H]4CC(O)CC[C@]4(C)[C@H]3CC[C@]12C. The Balaban J connectivity index is 1.40. The molecule has 9 atom stereocenters. The van der Waals surface area contributed by atoms with E-state index < -0.39 is 12.5 Å². The van der Waals surface area contributed by atoms with Crippen LogP contribution in [-0.2, 0) is 9.59 Å². The topological polar surface area (TPSA) is 89.5 Å². The maximum absolute atomic E-state index is 12.0. The van der Waals surface area contributed by atoms with Crippen LogP contribution in [0.3, 0.4) is 0 Å². The van der Waals surface area contributed by atoms with Gasteiger partial charge in [-0.15, -0.1) is 0 Å². The first-order valence-electron chi connectivity index (χ1n) is 12.8. The summed E-state index contributed by atoms with van der Waals surface area (Å²) < 4.78 is 0. The van der Waals surface area contributed by atoms with E-state index >= 15 is 0 Å². The molecular formula is C26H42NO4-. The second-order valence-electron chi connectivity index (χ2n) is 12.0. The lowest BCUT2D eigenvalue weighted by Gasteiger charge is -2.61. The molecule has 4 fully saturated rings. The smallest absolute Gasteiger partial charge is 0.220 e. The molecule has 4 rings (SSSR count). The summed E-state index contributed by atoms with van der Waals surface area (Å²) in [4.78, 5) is 22.5. The quantitative estimate of drug-likeness (QED) is 0.674. The minimum atomic E-state index is -1.24. The molecule has 4 aliphatic carbocycles. The monoisotopic (exact) mass is 432 g/mol. The Hall–Kier alpha value is -1.10. The third kappa shape index (κ3) is 4.16. The van der Waals surface area contributed by atoms with E-state index in [4.69, 9.17) is 0 Å². The highest BCUT2D eigenvalue weighted by atomic mass is 16.4. The number of carbonyl (C=O) groups excluding carboxylic acids is 2. The predicted octanol–water partition coefficient (Wildman–Crippen LogP) is 3.29. The minimum absolute atomic E-state index is 0.0795. The fourth-order valence-electron chi connectivity index (χ4n) is 9.03.